The number of benzene rings is 1. The van der Waals surface area contributed by atoms with Gasteiger partial charge in [0.2, 0.25) is 0 Å². The van der Waals surface area contributed by atoms with Crippen molar-refractivity contribution in [3.05, 3.63) is 23.8 Å². The molecule has 1 atom stereocenters. The van der Waals surface area contributed by atoms with E-state index in [0.29, 0.717) is 12.1 Å². The number of aliphatic carboxylic acids is 1. The molecule has 0 aliphatic heterocycles. The van der Waals surface area contributed by atoms with Gasteiger partial charge in [-0.3, -0.25) is 4.79 Å². The van der Waals surface area contributed by atoms with E-state index < -0.39 is 24.5 Å². The maximum atomic E-state index is 11.9. The average Bonchev–Trinajstić information content (AvgIpc) is 2.86. The van der Waals surface area contributed by atoms with Gasteiger partial charge in [-0.05, 0) is 25.1 Å². The van der Waals surface area contributed by atoms with Gasteiger partial charge in [-0.2, -0.15) is 0 Å². The van der Waals surface area contributed by atoms with Crippen LogP contribution in [-0.2, 0) is 11.3 Å². The lowest BCUT2D eigenvalue weighted by Crippen LogP contribution is -2.43. The van der Waals surface area contributed by atoms with Crippen LogP contribution in [0.3, 0.4) is 0 Å². The number of hydrogen-bond donors (Lipinski definition) is 3. The maximum absolute atomic E-state index is 11.9. The van der Waals surface area contributed by atoms with Crippen molar-refractivity contribution < 1.29 is 19.8 Å². The van der Waals surface area contributed by atoms with Gasteiger partial charge in [-0.25, -0.2) is 9.48 Å². The summed E-state index contributed by atoms with van der Waals surface area (Å²) in [6, 6.07) is 3.45. The van der Waals surface area contributed by atoms with Crippen LogP contribution in [0, 0.1) is 0 Å². The molecule has 0 saturated heterocycles. The van der Waals surface area contributed by atoms with Crippen molar-refractivity contribution in [1.82, 2.24) is 20.3 Å². The standard InChI is InChI=1S/C12H14N4O4/c1-2-16-10-4-3-7(5-8(10)14-15-16)11(18)13-9(6-17)12(19)20/h3-5,9,17H,2,6H2,1H3,(H,13,18)(H,19,20)/t9-/m0/s1. The number of rotatable bonds is 5. The zero-order chi connectivity index (χ0) is 14.7. The van der Waals surface area contributed by atoms with Crippen LogP contribution in [0.25, 0.3) is 11.0 Å². The fourth-order valence-electron chi connectivity index (χ4n) is 1.77. The molecule has 0 saturated carbocycles. The first-order chi connectivity index (χ1) is 9.56. The highest BCUT2D eigenvalue weighted by atomic mass is 16.4. The molecule has 0 aliphatic rings. The topological polar surface area (TPSA) is 117 Å². The summed E-state index contributed by atoms with van der Waals surface area (Å²) >= 11 is 0. The quantitative estimate of drug-likeness (QED) is 0.686. The molecule has 0 unspecified atom stereocenters. The second-order valence-electron chi connectivity index (χ2n) is 4.16. The molecule has 0 spiro atoms. The molecule has 0 radical (unpaired) electrons. The number of nitrogens with zero attached hydrogens (tertiary/aromatic N) is 3. The lowest BCUT2D eigenvalue weighted by Gasteiger charge is -2.11. The van der Waals surface area contributed by atoms with Crippen LogP contribution in [-0.4, -0.2) is 49.7 Å². The third kappa shape index (κ3) is 2.59. The Kier molecular flexibility index (Phi) is 3.94. The number of fused-ring (bicyclic) bond motifs is 1. The largest absolute Gasteiger partial charge is 0.480 e. The lowest BCUT2D eigenvalue weighted by molar-refractivity contribution is -0.140. The maximum Gasteiger partial charge on any atom is 0.328 e. The highest BCUT2D eigenvalue weighted by Crippen LogP contribution is 2.13. The fraction of sp³-hybridized carbons (Fsp3) is 0.333. The first kappa shape index (κ1) is 13.9. The number of carboxylic acid groups (broad SMARTS) is 1. The molecule has 1 heterocycles. The molecule has 0 aliphatic carbocycles. The van der Waals surface area contributed by atoms with Gasteiger partial charge in [0.15, 0.2) is 6.04 Å². The Labute approximate surface area is 114 Å². The fourth-order valence-corrected chi connectivity index (χ4v) is 1.77. The zero-order valence-corrected chi connectivity index (χ0v) is 10.8. The van der Waals surface area contributed by atoms with Crippen LogP contribution in [0.2, 0.25) is 0 Å². The Bertz CT molecular complexity index is 652. The van der Waals surface area contributed by atoms with Crippen LogP contribution >= 0.6 is 0 Å². The second kappa shape index (κ2) is 5.66. The van der Waals surface area contributed by atoms with E-state index >= 15 is 0 Å². The molecule has 106 valence electrons. The molecule has 3 N–H and O–H groups in total. The van der Waals surface area contributed by atoms with Gasteiger partial charge in [0.05, 0.1) is 12.1 Å². The molecule has 2 rings (SSSR count). The van der Waals surface area contributed by atoms with Gasteiger partial charge < -0.3 is 15.5 Å². The van der Waals surface area contributed by atoms with Crippen molar-refractivity contribution in [2.24, 2.45) is 0 Å². The normalized spacial score (nSPS) is 12.3. The van der Waals surface area contributed by atoms with Crippen LogP contribution in [0.4, 0.5) is 0 Å². The predicted octanol–water partition coefficient (Wildman–Crippen LogP) is -0.374. The van der Waals surface area contributed by atoms with Crippen LogP contribution in [0.15, 0.2) is 18.2 Å². The summed E-state index contributed by atoms with van der Waals surface area (Å²) in [5.74, 6) is -1.88. The summed E-state index contributed by atoms with van der Waals surface area (Å²) in [6.07, 6.45) is 0. The smallest absolute Gasteiger partial charge is 0.328 e. The van der Waals surface area contributed by atoms with Crippen LogP contribution in [0.1, 0.15) is 17.3 Å². The molecule has 0 bridgehead atoms. The molecule has 2 aromatic rings. The highest BCUT2D eigenvalue weighted by molar-refractivity contribution is 5.99. The minimum atomic E-state index is -1.33. The molecular weight excluding hydrogens is 264 g/mol. The summed E-state index contributed by atoms with van der Waals surface area (Å²) in [4.78, 5) is 22.6. The lowest BCUT2D eigenvalue weighted by atomic mass is 10.1. The molecule has 1 aromatic heterocycles. The monoisotopic (exact) mass is 278 g/mol. The van der Waals surface area contributed by atoms with E-state index in [0.717, 1.165) is 5.52 Å². The number of aliphatic hydroxyl groups is 1. The molecule has 0 fully saturated rings. The first-order valence-corrected chi connectivity index (χ1v) is 6.04. The summed E-state index contributed by atoms with van der Waals surface area (Å²) < 4.78 is 1.69. The van der Waals surface area contributed by atoms with E-state index in [1.807, 2.05) is 6.92 Å². The Morgan fingerprint density at radius 3 is 2.80 bits per heavy atom. The van der Waals surface area contributed by atoms with Crippen LogP contribution in [0.5, 0.6) is 0 Å². The number of carbonyl (C=O) groups is 2. The summed E-state index contributed by atoms with van der Waals surface area (Å²) in [5.41, 5.74) is 1.61. The van der Waals surface area contributed by atoms with Crippen molar-refractivity contribution in [3.63, 3.8) is 0 Å². The number of carboxylic acids is 1. The number of amides is 1. The SMILES string of the molecule is CCn1nnc2cc(C(=O)N[C@@H](CO)C(=O)O)ccc21. The van der Waals surface area contributed by atoms with Gasteiger partial charge in [-0.1, -0.05) is 5.21 Å². The first-order valence-electron chi connectivity index (χ1n) is 6.04. The zero-order valence-electron chi connectivity index (χ0n) is 10.8. The van der Waals surface area contributed by atoms with Gasteiger partial charge in [-0.15, -0.1) is 5.10 Å². The average molecular weight is 278 g/mol. The third-order valence-corrected chi connectivity index (χ3v) is 2.86. The number of nitrogens with one attached hydrogen (secondary N) is 1. The van der Waals surface area contributed by atoms with Crippen molar-refractivity contribution >= 4 is 22.9 Å². The van der Waals surface area contributed by atoms with Crippen molar-refractivity contribution in [2.45, 2.75) is 19.5 Å². The van der Waals surface area contributed by atoms with E-state index in [2.05, 4.69) is 15.6 Å². The molecule has 20 heavy (non-hydrogen) atoms. The van der Waals surface area contributed by atoms with E-state index in [1.54, 1.807) is 16.8 Å². The van der Waals surface area contributed by atoms with E-state index in [1.165, 1.54) is 6.07 Å². The summed E-state index contributed by atoms with van der Waals surface area (Å²) in [7, 11) is 0. The number of aliphatic hydroxyl groups excluding tert-OH is 1. The Balaban J connectivity index is 2.24. The van der Waals surface area contributed by atoms with E-state index in [9.17, 15) is 9.59 Å². The molecule has 8 heteroatoms. The van der Waals surface area contributed by atoms with Gasteiger partial charge in [0.1, 0.15) is 5.52 Å². The minimum Gasteiger partial charge on any atom is -0.480 e. The third-order valence-electron chi connectivity index (χ3n) is 2.86. The van der Waals surface area contributed by atoms with Crippen LogP contribution < -0.4 is 5.32 Å². The molecule has 1 aromatic carbocycles. The summed E-state index contributed by atoms with van der Waals surface area (Å²) in [5, 5.41) is 27.7. The van der Waals surface area contributed by atoms with E-state index in [-0.39, 0.29) is 5.56 Å². The number of hydrogen-bond acceptors (Lipinski definition) is 5. The summed E-state index contributed by atoms with van der Waals surface area (Å²) in [6.45, 7) is 1.91. The van der Waals surface area contributed by atoms with E-state index in [4.69, 9.17) is 10.2 Å². The minimum absolute atomic E-state index is 0.264. The number of aryl methyl sites for hydroxylation is 1. The van der Waals surface area contributed by atoms with Crippen molar-refractivity contribution in [2.75, 3.05) is 6.61 Å². The number of aromatic nitrogens is 3. The van der Waals surface area contributed by atoms with Crippen molar-refractivity contribution in [1.29, 1.82) is 0 Å². The highest BCUT2D eigenvalue weighted by Gasteiger charge is 2.20. The molecule has 8 nitrogen and oxygen atoms in total. The number of carbonyl (C=O) groups excluding carboxylic acids is 1. The van der Waals surface area contributed by atoms with Crippen molar-refractivity contribution in [3.8, 4) is 0 Å². The molecule has 1 amide bonds. The van der Waals surface area contributed by atoms with Gasteiger partial charge >= 0.3 is 5.97 Å². The second-order valence-corrected chi connectivity index (χ2v) is 4.16. The Morgan fingerprint density at radius 2 is 2.20 bits per heavy atom. The van der Waals surface area contributed by atoms with Gasteiger partial charge in [0, 0.05) is 12.1 Å². The Hall–Kier alpha value is -2.48. The predicted molar refractivity (Wildman–Crippen MR) is 69.2 cm³/mol. The molecular formula is C12H14N4O4. The Morgan fingerprint density at radius 1 is 1.45 bits per heavy atom. The van der Waals surface area contributed by atoms with Gasteiger partial charge in [0.25, 0.3) is 5.91 Å².